The maximum Gasteiger partial charge on any atom is 0.257 e. The Labute approximate surface area is 113 Å². The number of amides is 1. The van der Waals surface area contributed by atoms with Gasteiger partial charge in [-0.3, -0.25) is 10.1 Å². The topological polar surface area (TPSA) is 67.8 Å². The number of pyridine rings is 1. The van der Waals surface area contributed by atoms with Crippen LogP contribution in [0.1, 0.15) is 28.0 Å². The molecule has 1 amide bonds. The van der Waals surface area contributed by atoms with Gasteiger partial charge in [-0.25, -0.2) is 4.98 Å². The summed E-state index contributed by atoms with van der Waals surface area (Å²) in [5.74, 6) is -0.263. The Balaban J connectivity index is 2.16. The number of carbonyl (C=O) groups excluding carboxylic acids is 1. The third-order valence-electron chi connectivity index (χ3n) is 2.17. The fraction of sp³-hybridized carbons (Fsp3) is 0.273. The Bertz CT molecular complexity index is 564. The lowest BCUT2D eigenvalue weighted by Crippen LogP contribution is -2.12. The summed E-state index contributed by atoms with van der Waals surface area (Å²) in [7, 11) is 0. The van der Waals surface area contributed by atoms with Crippen LogP contribution in [-0.2, 0) is 6.42 Å². The molecule has 2 heterocycles. The molecule has 0 fully saturated rings. The summed E-state index contributed by atoms with van der Waals surface area (Å²) in [6, 6.07) is 3.19. The molecule has 0 aliphatic carbocycles. The van der Waals surface area contributed by atoms with Crippen molar-refractivity contribution in [3.63, 3.8) is 0 Å². The van der Waals surface area contributed by atoms with E-state index in [2.05, 4.69) is 20.5 Å². The molecule has 0 aromatic carbocycles. The van der Waals surface area contributed by atoms with Crippen molar-refractivity contribution >= 4 is 34.0 Å². The summed E-state index contributed by atoms with van der Waals surface area (Å²) in [4.78, 5) is 16.0. The maximum absolute atomic E-state index is 12.0. The van der Waals surface area contributed by atoms with Crippen LogP contribution < -0.4 is 5.32 Å². The lowest BCUT2D eigenvalue weighted by molar-refractivity contribution is 0.102. The minimum Gasteiger partial charge on any atom is -0.296 e. The summed E-state index contributed by atoms with van der Waals surface area (Å²) in [6.07, 6.45) is 0.799. The SMILES string of the molecule is CCc1nnc(NC(=O)c2cc(C)nc(Cl)c2)s1. The molecule has 0 aliphatic rings. The molecule has 0 spiro atoms. The molecule has 94 valence electrons. The Kier molecular flexibility index (Phi) is 3.88. The minimum atomic E-state index is -0.263. The quantitative estimate of drug-likeness (QED) is 0.879. The summed E-state index contributed by atoms with van der Waals surface area (Å²) < 4.78 is 0. The van der Waals surface area contributed by atoms with Gasteiger partial charge in [0.2, 0.25) is 5.13 Å². The fourth-order valence-corrected chi connectivity index (χ4v) is 2.30. The summed E-state index contributed by atoms with van der Waals surface area (Å²) in [6.45, 7) is 3.76. The van der Waals surface area contributed by atoms with Crippen molar-refractivity contribution in [1.82, 2.24) is 15.2 Å². The number of hydrogen-bond donors (Lipinski definition) is 1. The number of nitrogens with one attached hydrogen (secondary N) is 1. The first-order valence-electron chi connectivity index (χ1n) is 5.36. The van der Waals surface area contributed by atoms with Crippen LogP contribution in [0, 0.1) is 6.92 Å². The highest BCUT2D eigenvalue weighted by molar-refractivity contribution is 7.15. The van der Waals surface area contributed by atoms with Gasteiger partial charge in [-0.05, 0) is 25.5 Å². The van der Waals surface area contributed by atoms with Gasteiger partial charge in [-0.2, -0.15) is 0 Å². The predicted molar refractivity (Wildman–Crippen MR) is 71.2 cm³/mol. The van der Waals surface area contributed by atoms with Crippen LogP contribution in [0.4, 0.5) is 5.13 Å². The fourth-order valence-electron chi connectivity index (χ4n) is 1.38. The molecule has 0 unspecified atom stereocenters. The first-order valence-corrected chi connectivity index (χ1v) is 6.56. The molecule has 0 saturated carbocycles. The normalized spacial score (nSPS) is 10.4. The van der Waals surface area contributed by atoms with Gasteiger partial charge < -0.3 is 0 Å². The van der Waals surface area contributed by atoms with Crippen molar-refractivity contribution in [2.24, 2.45) is 0 Å². The number of aromatic nitrogens is 3. The lowest BCUT2D eigenvalue weighted by Gasteiger charge is -2.02. The first kappa shape index (κ1) is 12.9. The average molecular weight is 283 g/mol. The molecule has 5 nitrogen and oxygen atoms in total. The molecule has 0 atom stereocenters. The van der Waals surface area contributed by atoms with Crippen molar-refractivity contribution in [3.05, 3.63) is 33.6 Å². The van der Waals surface area contributed by atoms with E-state index in [0.717, 1.165) is 11.4 Å². The number of carbonyl (C=O) groups is 1. The second-order valence-corrected chi connectivity index (χ2v) is 5.08. The third kappa shape index (κ3) is 3.02. The zero-order valence-electron chi connectivity index (χ0n) is 9.90. The molecule has 2 rings (SSSR count). The van der Waals surface area contributed by atoms with Gasteiger partial charge in [0.05, 0.1) is 0 Å². The second kappa shape index (κ2) is 5.41. The highest BCUT2D eigenvalue weighted by Gasteiger charge is 2.11. The molecular formula is C11H11ClN4OS. The standard InChI is InChI=1S/C11H11ClN4OS/c1-3-9-15-16-11(18-9)14-10(17)7-4-6(2)13-8(12)5-7/h4-5H,3H2,1-2H3,(H,14,16,17). The van der Waals surface area contributed by atoms with Crippen LogP contribution in [0.15, 0.2) is 12.1 Å². The molecule has 18 heavy (non-hydrogen) atoms. The van der Waals surface area contributed by atoms with Crippen LogP contribution in [0.5, 0.6) is 0 Å². The molecule has 0 radical (unpaired) electrons. The number of aryl methyl sites for hydroxylation is 2. The van der Waals surface area contributed by atoms with Gasteiger partial charge in [0.1, 0.15) is 10.2 Å². The van der Waals surface area contributed by atoms with E-state index in [0.29, 0.717) is 21.5 Å². The molecule has 7 heteroatoms. The Hall–Kier alpha value is -1.53. The Morgan fingerprint density at radius 2 is 2.22 bits per heavy atom. The number of hydrogen-bond acceptors (Lipinski definition) is 5. The number of halogens is 1. The van der Waals surface area contributed by atoms with E-state index in [9.17, 15) is 4.79 Å². The van der Waals surface area contributed by atoms with Crippen LogP contribution in [-0.4, -0.2) is 21.1 Å². The van der Waals surface area contributed by atoms with Gasteiger partial charge in [0, 0.05) is 11.3 Å². The van der Waals surface area contributed by atoms with E-state index in [1.54, 1.807) is 13.0 Å². The van der Waals surface area contributed by atoms with Gasteiger partial charge in [0.15, 0.2) is 0 Å². The molecule has 2 aromatic heterocycles. The van der Waals surface area contributed by atoms with Crippen LogP contribution >= 0.6 is 22.9 Å². The molecule has 0 aliphatic heterocycles. The second-order valence-electron chi connectivity index (χ2n) is 3.63. The Morgan fingerprint density at radius 3 is 2.83 bits per heavy atom. The van der Waals surface area contributed by atoms with Gasteiger partial charge >= 0.3 is 0 Å². The van der Waals surface area contributed by atoms with E-state index >= 15 is 0 Å². The van der Waals surface area contributed by atoms with Crippen molar-refractivity contribution in [1.29, 1.82) is 0 Å². The number of rotatable bonds is 3. The van der Waals surface area contributed by atoms with Crippen molar-refractivity contribution < 1.29 is 4.79 Å². The van der Waals surface area contributed by atoms with E-state index in [1.807, 2.05) is 6.92 Å². The first-order chi connectivity index (χ1) is 8.58. The number of anilines is 1. The molecule has 0 bridgehead atoms. The van der Waals surface area contributed by atoms with Gasteiger partial charge in [0.25, 0.3) is 5.91 Å². The van der Waals surface area contributed by atoms with Crippen molar-refractivity contribution in [2.45, 2.75) is 20.3 Å². The van der Waals surface area contributed by atoms with E-state index in [-0.39, 0.29) is 5.91 Å². The molecular weight excluding hydrogens is 272 g/mol. The predicted octanol–water partition coefficient (Wildman–Crippen LogP) is 2.71. The highest BCUT2D eigenvalue weighted by Crippen LogP contribution is 2.17. The number of nitrogens with zero attached hydrogens (tertiary/aromatic N) is 3. The van der Waals surface area contributed by atoms with Crippen molar-refractivity contribution in [2.75, 3.05) is 5.32 Å². The summed E-state index contributed by atoms with van der Waals surface area (Å²) >= 11 is 7.17. The monoisotopic (exact) mass is 282 g/mol. The van der Waals surface area contributed by atoms with Gasteiger partial charge in [-0.1, -0.05) is 29.9 Å². The molecule has 2 aromatic rings. The smallest absolute Gasteiger partial charge is 0.257 e. The molecule has 0 saturated heterocycles. The summed E-state index contributed by atoms with van der Waals surface area (Å²) in [5.41, 5.74) is 1.15. The largest absolute Gasteiger partial charge is 0.296 e. The molecule has 1 N–H and O–H groups in total. The maximum atomic E-state index is 12.0. The van der Waals surface area contributed by atoms with E-state index in [4.69, 9.17) is 11.6 Å². The van der Waals surface area contributed by atoms with Gasteiger partial charge in [-0.15, -0.1) is 10.2 Å². The minimum absolute atomic E-state index is 0.263. The van der Waals surface area contributed by atoms with Crippen LogP contribution in [0.3, 0.4) is 0 Å². The summed E-state index contributed by atoms with van der Waals surface area (Å²) in [5, 5.41) is 12.2. The third-order valence-corrected chi connectivity index (χ3v) is 3.35. The zero-order chi connectivity index (χ0) is 13.1. The van der Waals surface area contributed by atoms with E-state index in [1.165, 1.54) is 17.4 Å². The van der Waals surface area contributed by atoms with Crippen LogP contribution in [0.2, 0.25) is 5.15 Å². The van der Waals surface area contributed by atoms with E-state index < -0.39 is 0 Å². The Morgan fingerprint density at radius 1 is 1.44 bits per heavy atom. The lowest BCUT2D eigenvalue weighted by atomic mass is 10.2. The zero-order valence-corrected chi connectivity index (χ0v) is 11.5. The van der Waals surface area contributed by atoms with Crippen LogP contribution in [0.25, 0.3) is 0 Å². The highest BCUT2D eigenvalue weighted by atomic mass is 35.5. The average Bonchev–Trinajstić information content (AvgIpc) is 2.75. The van der Waals surface area contributed by atoms with Crippen molar-refractivity contribution in [3.8, 4) is 0 Å².